The zero-order valence-corrected chi connectivity index (χ0v) is 9.35. The Balaban J connectivity index is 1.89. The Morgan fingerprint density at radius 3 is 2.69 bits per heavy atom. The van der Waals surface area contributed by atoms with E-state index in [4.69, 9.17) is 10.5 Å². The number of hydrogen-bond donors (Lipinski definition) is 2. The van der Waals surface area contributed by atoms with Crippen molar-refractivity contribution in [3.63, 3.8) is 0 Å². The van der Waals surface area contributed by atoms with Gasteiger partial charge in [-0.25, -0.2) is 0 Å². The topological polar surface area (TPSA) is 68.4 Å². The number of aliphatic hydroxyl groups is 1. The maximum atomic E-state index is 10.1. The van der Waals surface area contributed by atoms with Crippen LogP contribution in [0.2, 0.25) is 0 Å². The molecule has 1 aliphatic carbocycles. The smallest absolute Gasteiger partial charge is 0.137 e. The van der Waals surface area contributed by atoms with Gasteiger partial charge >= 0.3 is 0 Å². The molecule has 0 amide bonds. The normalized spacial score (nSPS) is 18.6. The molecule has 1 aliphatic rings. The molecule has 0 atom stereocenters. The molecule has 0 spiro atoms. The Morgan fingerprint density at radius 2 is 2.12 bits per heavy atom. The Kier molecular flexibility index (Phi) is 3.41. The van der Waals surface area contributed by atoms with Crippen LogP contribution in [0.5, 0.6) is 5.75 Å². The van der Waals surface area contributed by atoms with Crippen LogP contribution in [-0.2, 0) is 6.54 Å². The summed E-state index contributed by atoms with van der Waals surface area (Å²) in [5.41, 5.74) is 5.66. The second-order valence-corrected chi connectivity index (χ2v) is 4.41. The minimum atomic E-state index is -0.632. The van der Waals surface area contributed by atoms with Crippen molar-refractivity contribution in [2.24, 2.45) is 5.73 Å². The van der Waals surface area contributed by atoms with Crippen LogP contribution < -0.4 is 10.5 Å². The third-order valence-corrected chi connectivity index (χ3v) is 3.05. The van der Waals surface area contributed by atoms with Crippen LogP contribution in [0.25, 0.3) is 0 Å². The first kappa shape index (κ1) is 11.4. The number of ether oxygens (including phenoxy) is 1. The van der Waals surface area contributed by atoms with E-state index >= 15 is 0 Å². The molecule has 0 aromatic carbocycles. The summed E-state index contributed by atoms with van der Waals surface area (Å²) in [6, 6.07) is 3.68. The van der Waals surface area contributed by atoms with Gasteiger partial charge in [-0.2, -0.15) is 0 Å². The first-order valence-electron chi connectivity index (χ1n) is 5.72. The summed E-state index contributed by atoms with van der Waals surface area (Å²) in [6.07, 6.45) is 5.50. The van der Waals surface area contributed by atoms with Gasteiger partial charge in [-0.15, -0.1) is 0 Å². The molecule has 1 heterocycles. The number of nitrogens with zero attached hydrogens (tertiary/aromatic N) is 1. The number of aromatic nitrogens is 1. The van der Waals surface area contributed by atoms with Crippen LogP contribution >= 0.6 is 0 Å². The lowest BCUT2D eigenvalue weighted by atomic mass is 10.0. The van der Waals surface area contributed by atoms with Crippen molar-refractivity contribution < 1.29 is 9.84 Å². The molecule has 16 heavy (non-hydrogen) atoms. The van der Waals surface area contributed by atoms with Crippen molar-refractivity contribution in [2.75, 3.05) is 6.61 Å². The average molecular weight is 222 g/mol. The second kappa shape index (κ2) is 4.80. The zero-order valence-electron chi connectivity index (χ0n) is 9.35. The molecule has 0 radical (unpaired) electrons. The van der Waals surface area contributed by atoms with Gasteiger partial charge < -0.3 is 15.6 Å². The van der Waals surface area contributed by atoms with Gasteiger partial charge in [0.1, 0.15) is 12.4 Å². The molecule has 3 N–H and O–H groups in total. The third kappa shape index (κ3) is 2.71. The highest BCUT2D eigenvalue weighted by molar-refractivity contribution is 5.19. The zero-order chi connectivity index (χ0) is 11.4. The van der Waals surface area contributed by atoms with Crippen molar-refractivity contribution in [1.82, 2.24) is 4.98 Å². The van der Waals surface area contributed by atoms with Gasteiger partial charge in [0.05, 0.1) is 17.5 Å². The van der Waals surface area contributed by atoms with Crippen molar-refractivity contribution >= 4 is 0 Å². The molecule has 88 valence electrons. The van der Waals surface area contributed by atoms with Gasteiger partial charge in [-0.05, 0) is 25.0 Å². The lowest BCUT2D eigenvalue weighted by Gasteiger charge is -2.22. The van der Waals surface area contributed by atoms with E-state index in [1.807, 2.05) is 12.1 Å². The van der Waals surface area contributed by atoms with Crippen molar-refractivity contribution in [3.05, 3.63) is 24.0 Å². The van der Waals surface area contributed by atoms with E-state index in [9.17, 15) is 5.11 Å². The van der Waals surface area contributed by atoms with E-state index in [1.54, 1.807) is 6.20 Å². The monoisotopic (exact) mass is 222 g/mol. The molecule has 0 aliphatic heterocycles. The van der Waals surface area contributed by atoms with Gasteiger partial charge in [0.2, 0.25) is 0 Å². The van der Waals surface area contributed by atoms with Gasteiger partial charge in [0.25, 0.3) is 0 Å². The molecule has 4 heteroatoms. The molecule has 1 aromatic rings. The third-order valence-electron chi connectivity index (χ3n) is 3.05. The Morgan fingerprint density at radius 1 is 1.38 bits per heavy atom. The van der Waals surface area contributed by atoms with Crippen molar-refractivity contribution in [2.45, 2.75) is 37.8 Å². The van der Waals surface area contributed by atoms with Crippen molar-refractivity contribution in [1.29, 1.82) is 0 Å². The molecule has 1 fully saturated rings. The second-order valence-electron chi connectivity index (χ2n) is 4.41. The molecule has 1 saturated carbocycles. The van der Waals surface area contributed by atoms with E-state index in [2.05, 4.69) is 4.98 Å². The first-order chi connectivity index (χ1) is 7.72. The van der Waals surface area contributed by atoms with Gasteiger partial charge in [0, 0.05) is 6.54 Å². The molecule has 0 saturated heterocycles. The van der Waals surface area contributed by atoms with Gasteiger partial charge in [-0.1, -0.05) is 12.8 Å². The highest BCUT2D eigenvalue weighted by Crippen LogP contribution is 2.29. The first-order valence-corrected chi connectivity index (χ1v) is 5.72. The predicted octanol–water partition coefficient (Wildman–Crippen LogP) is 1.22. The summed E-state index contributed by atoms with van der Waals surface area (Å²) in [7, 11) is 0. The van der Waals surface area contributed by atoms with E-state index in [-0.39, 0.29) is 0 Å². The maximum Gasteiger partial charge on any atom is 0.137 e. The number of pyridine rings is 1. The fourth-order valence-corrected chi connectivity index (χ4v) is 2.01. The van der Waals surface area contributed by atoms with Crippen LogP contribution in [0.15, 0.2) is 18.3 Å². The quantitative estimate of drug-likeness (QED) is 0.803. The van der Waals surface area contributed by atoms with Crippen LogP contribution in [0.3, 0.4) is 0 Å². The van der Waals surface area contributed by atoms with E-state index in [1.165, 1.54) is 0 Å². The molecule has 4 nitrogen and oxygen atoms in total. The standard InChI is InChI=1S/C12H18N2O2/c13-7-10-3-4-11(8-14-10)16-9-12(15)5-1-2-6-12/h3-4,8,15H,1-2,5-7,9,13H2. The van der Waals surface area contributed by atoms with Crippen LogP contribution in [0, 0.1) is 0 Å². The van der Waals surface area contributed by atoms with E-state index < -0.39 is 5.60 Å². The van der Waals surface area contributed by atoms with E-state index in [0.29, 0.717) is 18.9 Å². The van der Waals surface area contributed by atoms with Crippen LogP contribution in [0.1, 0.15) is 31.4 Å². The Hall–Kier alpha value is -1.13. The van der Waals surface area contributed by atoms with Crippen LogP contribution in [0.4, 0.5) is 0 Å². The lowest BCUT2D eigenvalue weighted by molar-refractivity contribution is 0.00130. The molecule has 0 unspecified atom stereocenters. The number of rotatable bonds is 4. The lowest BCUT2D eigenvalue weighted by Crippen LogP contribution is -2.32. The summed E-state index contributed by atoms with van der Waals surface area (Å²) in [5, 5.41) is 10.1. The summed E-state index contributed by atoms with van der Waals surface area (Å²) in [6.45, 7) is 0.793. The van der Waals surface area contributed by atoms with Gasteiger partial charge in [0.15, 0.2) is 0 Å². The Labute approximate surface area is 95.4 Å². The minimum Gasteiger partial charge on any atom is -0.489 e. The fourth-order valence-electron chi connectivity index (χ4n) is 2.01. The molecule has 1 aromatic heterocycles. The average Bonchev–Trinajstić information content (AvgIpc) is 2.75. The Bertz CT molecular complexity index is 331. The summed E-state index contributed by atoms with van der Waals surface area (Å²) in [4.78, 5) is 4.13. The highest BCUT2D eigenvalue weighted by atomic mass is 16.5. The van der Waals surface area contributed by atoms with Crippen molar-refractivity contribution in [3.8, 4) is 5.75 Å². The highest BCUT2D eigenvalue weighted by Gasteiger charge is 2.31. The largest absolute Gasteiger partial charge is 0.489 e. The molecular weight excluding hydrogens is 204 g/mol. The fraction of sp³-hybridized carbons (Fsp3) is 0.583. The predicted molar refractivity (Wildman–Crippen MR) is 61.0 cm³/mol. The summed E-state index contributed by atoms with van der Waals surface area (Å²) >= 11 is 0. The number of nitrogens with two attached hydrogens (primary N) is 1. The SMILES string of the molecule is NCc1ccc(OCC2(O)CCCC2)cn1. The summed E-state index contributed by atoms with van der Waals surface area (Å²) < 4.78 is 5.54. The molecule has 2 rings (SSSR count). The van der Waals surface area contributed by atoms with Gasteiger partial charge in [-0.3, -0.25) is 4.98 Å². The van der Waals surface area contributed by atoms with Crippen LogP contribution in [-0.4, -0.2) is 22.3 Å². The minimum absolute atomic E-state index is 0.358. The maximum absolute atomic E-state index is 10.1. The van der Waals surface area contributed by atoms with E-state index in [0.717, 1.165) is 31.4 Å². The molecular formula is C12H18N2O2. The summed E-state index contributed by atoms with van der Waals surface area (Å²) in [5.74, 6) is 0.692. The molecule has 0 bridgehead atoms. The number of hydrogen-bond acceptors (Lipinski definition) is 4.